The van der Waals surface area contributed by atoms with Crippen LogP contribution in [0.25, 0.3) is 21.5 Å². The fourth-order valence-electron chi connectivity index (χ4n) is 6.81. The molecule has 0 saturated carbocycles. The number of methoxy groups -OCH3 is 1. The Kier molecular flexibility index (Phi) is 26.9. The Bertz CT molecular complexity index is 3730. The molecular formula is C42H24Cl4N6Na4O17S4. The third-order valence-electron chi connectivity index (χ3n) is 10.00. The average Bonchev–Trinajstić information content (AvgIpc) is 3.32. The van der Waals surface area contributed by atoms with E-state index in [-0.39, 0.29) is 221 Å². The van der Waals surface area contributed by atoms with Crippen molar-refractivity contribution in [1.29, 1.82) is 0 Å². The van der Waals surface area contributed by atoms with E-state index in [9.17, 15) is 56.3 Å². The van der Waals surface area contributed by atoms with Crippen LogP contribution < -0.4 is 144 Å². The number of fused-ring (bicyclic) bond motifs is 2. The van der Waals surface area contributed by atoms with Crippen molar-refractivity contribution in [2.45, 2.75) is 26.5 Å². The van der Waals surface area contributed by atoms with Gasteiger partial charge in [0, 0.05) is 26.8 Å². The molecule has 380 valence electrons. The number of anilines is 2. The van der Waals surface area contributed by atoms with E-state index in [0.29, 0.717) is 12.0 Å². The van der Waals surface area contributed by atoms with Crippen molar-refractivity contribution in [3.63, 3.8) is 0 Å². The fourth-order valence-corrected chi connectivity index (χ4v) is 9.81. The molecule has 2 amide bonds. The number of benzene rings is 7. The van der Waals surface area contributed by atoms with Gasteiger partial charge in [-0.15, -0.1) is 20.5 Å². The zero-order valence-corrected chi connectivity index (χ0v) is 54.3. The number of ether oxygens (including phenoxy) is 1. The van der Waals surface area contributed by atoms with Crippen LogP contribution in [-0.4, -0.2) is 55.1 Å². The minimum Gasteiger partial charge on any atom is -0.744 e. The van der Waals surface area contributed by atoms with Gasteiger partial charge in [-0.2, -0.15) is 8.67 Å². The van der Waals surface area contributed by atoms with Crippen LogP contribution in [0.15, 0.2) is 125 Å². The van der Waals surface area contributed by atoms with Crippen molar-refractivity contribution in [2.75, 3.05) is 17.7 Å². The van der Waals surface area contributed by atoms with Gasteiger partial charge >= 0.3 is 118 Å². The Hall–Kier alpha value is -1.96. The topological polar surface area (TPSA) is 355 Å². The zero-order chi connectivity index (χ0) is 53.1. The number of hydrogen-bond donors (Lipinski definition) is 4. The molecule has 23 nitrogen and oxygen atoms in total. The van der Waals surface area contributed by atoms with Crippen LogP contribution in [0, 0.1) is 6.92 Å². The van der Waals surface area contributed by atoms with Crippen LogP contribution in [0.2, 0.25) is 20.1 Å². The standard InChI is InChI=1S/C42H28Cl4N6O17S4.4Na/c1-17-8-28(50-52-38-33(73(62,63)64)12-18-9-21(70-68-66-57)14-29(34(18)40(38)54)47-42(56)24-4-3-5-25(44)36(24)46)31(65-2)16-27(17)49-51-37-32(71-69-67-58)11-19-10-22(72(59,60)61)15-30(35(19)39(37)53)48-41(55)23-7-6-20(43)13-26(23)45;;;;/h3-16,53-54,57-58H,1-2H3,(H,47,56)(H,48,55)(H,59,60,61)(H,62,63,64);;;;/q;4*+1/p-4. The summed E-state index contributed by atoms with van der Waals surface area (Å²) in [7, 11) is -9.49. The fraction of sp³-hybridized carbons (Fsp3) is 0.0476. The van der Waals surface area contributed by atoms with Gasteiger partial charge in [-0.1, -0.05) is 52.5 Å². The number of halogens is 4. The second-order valence-electron chi connectivity index (χ2n) is 14.5. The first kappa shape index (κ1) is 69.3. The first-order valence-corrected chi connectivity index (χ1v) is 25.2. The Morgan fingerprint density at radius 3 is 1.83 bits per heavy atom. The molecule has 4 N–H and O–H groups in total. The van der Waals surface area contributed by atoms with Crippen molar-refractivity contribution < 1.29 is 198 Å². The number of nitrogens with zero attached hydrogens (tertiary/aromatic N) is 4. The van der Waals surface area contributed by atoms with Crippen molar-refractivity contribution in [1.82, 2.24) is 0 Å². The maximum absolute atomic E-state index is 13.5. The van der Waals surface area contributed by atoms with E-state index in [2.05, 4.69) is 49.8 Å². The summed E-state index contributed by atoms with van der Waals surface area (Å²) in [4.78, 5) is 24.7. The molecule has 0 heterocycles. The van der Waals surface area contributed by atoms with Crippen LogP contribution >= 0.6 is 70.5 Å². The Labute approximate surface area is 552 Å². The Morgan fingerprint density at radius 1 is 0.636 bits per heavy atom. The molecule has 0 aromatic heterocycles. The molecule has 0 bridgehead atoms. The van der Waals surface area contributed by atoms with Gasteiger partial charge in [0.2, 0.25) is 0 Å². The third-order valence-corrected chi connectivity index (χ3v) is 14.2. The molecule has 0 spiro atoms. The second-order valence-corrected chi connectivity index (χ2v) is 20.3. The number of nitrogens with one attached hydrogen (secondary N) is 2. The minimum absolute atomic E-state index is 0. The Morgan fingerprint density at radius 2 is 1.22 bits per heavy atom. The molecule has 0 unspecified atom stereocenters. The molecule has 7 aromatic rings. The van der Waals surface area contributed by atoms with Crippen LogP contribution in [0.1, 0.15) is 26.3 Å². The largest absolute Gasteiger partial charge is 1.00 e. The maximum Gasteiger partial charge on any atom is 1.00 e. The van der Waals surface area contributed by atoms with E-state index in [1.54, 1.807) is 0 Å². The van der Waals surface area contributed by atoms with E-state index < -0.39 is 70.4 Å². The molecule has 7 aromatic carbocycles. The molecule has 0 fully saturated rings. The molecule has 0 atom stereocenters. The van der Waals surface area contributed by atoms with Gasteiger partial charge in [0.05, 0.1) is 89.1 Å². The second kappa shape index (κ2) is 29.8. The van der Waals surface area contributed by atoms with E-state index in [4.69, 9.17) is 51.1 Å². The summed E-state index contributed by atoms with van der Waals surface area (Å²) in [6.07, 6.45) is 0. The monoisotopic (exact) mass is 1240 g/mol. The Balaban J connectivity index is 0.00000390. The van der Waals surface area contributed by atoms with E-state index in [1.165, 1.54) is 74.7 Å². The van der Waals surface area contributed by atoms with Crippen molar-refractivity contribution in [2.24, 2.45) is 20.5 Å². The summed E-state index contributed by atoms with van der Waals surface area (Å²) >= 11 is 25.1. The SMILES string of the molecule is COc1cc(N=Nc2c(SOO[O-])cc3cc(S(=O)(=O)[O-])cc(NC(=O)c4ccc(Cl)cc4Cl)c3c2O)c(C)cc1N=Nc1c(S(=O)(=O)[O-])cc2cc(SOO[O-])cc(NC(=O)c3cccc(Cl)c3Cl)c2c1O.[Na+].[Na+].[Na+].[Na+]. The number of amides is 2. The van der Waals surface area contributed by atoms with Crippen LogP contribution in [0.5, 0.6) is 17.2 Å². The molecule has 0 aliphatic heterocycles. The first-order valence-electron chi connectivity index (χ1n) is 19.4. The van der Waals surface area contributed by atoms with E-state index >= 15 is 0 Å². The van der Waals surface area contributed by atoms with Gasteiger partial charge < -0.3 is 45.2 Å². The number of hydrogen-bond acceptors (Lipinski definition) is 23. The van der Waals surface area contributed by atoms with E-state index in [0.717, 1.165) is 24.3 Å². The average molecular weight is 1250 g/mol. The van der Waals surface area contributed by atoms with Gasteiger partial charge in [-0.05, 0) is 96.1 Å². The summed E-state index contributed by atoms with van der Waals surface area (Å²) in [5.41, 5.74) is -2.21. The van der Waals surface area contributed by atoms with Gasteiger partial charge in [0.25, 0.3) is 11.8 Å². The molecule has 0 aliphatic carbocycles. The van der Waals surface area contributed by atoms with Crippen molar-refractivity contribution >= 4 is 158 Å². The molecule has 7 rings (SSSR count). The normalized spacial score (nSPS) is 11.5. The summed E-state index contributed by atoms with van der Waals surface area (Å²) in [5, 5.41) is 72.2. The zero-order valence-electron chi connectivity index (χ0n) is 40.0. The summed E-state index contributed by atoms with van der Waals surface area (Å²) in [6.45, 7) is 1.48. The number of azo groups is 2. The molecule has 0 radical (unpaired) electrons. The van der Waals surface area contributed by atoms with Crippen molar-refractivity contribution in [3.05, 3.63) is 122 Å². The number of aromatic hydroxyl groups is 2. The third kappa shape index (κ3) is 16.4. The predicted molar refractivity (Wildman–Crippen MR) is 258 cm³/mol. The maximum atomic E-state index is 13.5. The molecule has 0 saturated heterocycles. The van der Waals surface area contributed by atoms with Gasteiger partial charge in [-0.25, -0.2) is 16.8 Å². The quantitative estimate of drug-likeness (QED) is 0.0190. The molecule has 35 heteroatoms. The molecule has 0 aliphatic rings. The molecule has 77 heavy (non-hydrogen) atoms. The van der Waals surface area contributed by atoms with Gasteiger partial charge in [-0.3, -0.25) is 19.7 Å². The van der Waals surface area contributed by atoms with Crippen LogP contribution in [0.4, 0.5) is 34.1 Å². The summed E-state index contributed by atoms with van der Waals surface area (Å²) in [6, 6.07) is 16.6. The minimum atomic E-state index is -5.48. The van der Waals surface area contributed by atoms with Gasteiger partial charge in [0.1, 0.15) is 43.0 Å². The van der Waals surface area contributed by atoms with Crippen molar-refractivity contribution in [3.8, 4) is 17.2 Å². The number of carbonyl (C=O) groups is 2. The smallest absolute Gasteiger partial charge is 0.744 e. The number of rotatable bonds is 17. The predicted octanol–water partition coefficient (Wildman–Crippen LogP) is -2.04. The van der Waals surface area contributed by atoms with Gasteiger partial charge in [0.15, 0.2) is 11.5 Å². The number of phenolic OH excluding ortho intramolecular Hbond substituents is 2. The number of phenols is 2. The van der Waals surface area contributed by atoms with Crippen LogP contribution in [0.3, 0.4) is 0 Å². The number of aryl methyl sites for hydroxylation is 1. The van der Waals surface area contributed by atoms with Crippen LogP contribution in [-0.2, 0) is 39.0 Å². The molecular weight excluding hydrogens is 1220 g/mol. The van der Waals surface area contributed by atoms with E-state index in [1.807, 2.05) is 0 Å². The number of carbonyl (C=O) groups excluding carboxylic acids is 2. The summed E-state index contributed by atoms with van der Waals surface area (Å²) < 4.78 is 89.1. The first-order chi connectivity index (χ1) is 34.5. The summed E-state index contributed by atoms with van der Waals surface area (Å²) in [5.74, 6) is -3.69.